The molecule has 0 aliphatic carbocycles. The van der Waals surface area contributed by atoms with Gasteiger partial charge in [0.15, 0.2) is 11.5 Å². The van der Waals surface area contributed by atoms with Gasteiger partial charge in [-0.1, -0.05) is 0 Å². The second kappa shape index (κ2) is 6.12. The van der Waals surface area contributed by atoms with Crippen LogP contribution in [-0.4, -0.2) is 20.7 Å². The van der Waals surface area contributed by atoms with Gasteiger partial charge in [0.2, 0.25) is 0 Å². The van der Waals surface area contributed by atoms with Crippen LogP contribution in [-0.2, 0) is 21.0 Å². The summed E-state index contributed by atoms with van der Waals surface area (Å²) in [5, 5.41) is 0. The maximum Gasteiger partial charge on any atom is 0.308 e. The molecule has 1 rings (SSSR count). The number of hydrogen-bond acceptors (Lipinski definition) is 7. The molecule has 0 N–H and O–H groups in total. The lowest BCUT2D eigenvalue weighted by Gasteiger charge is -2.11. The van der Waals surface area contributed by atoms with Gasteiger partial charge in [-0.15, -0.1) is 0 Å². The molecule has 1 aromatic carbocycles. The number of rotatable bonds is 4. The van der Waals surface area contributed by atoms with Crippen LogP contribution in [0.1, 0.15) is 13.8 Å². The normalized spacial score (nSPS) is 11.5. The molecule has 0 aliphatic heterocycles. The summed E-state index contributed by atoms with van der Waals surface area (Å²) < 4.78 is 34.6. The fraction of sp³-hybridized carbons (Fsp3) is 0.200. The van der Waals surface area contributed by atoms with E-state index < -0.39 is 23.3 Å². The van der Waals surface area contributed by atoms with Gasteiger partial charge in [0.25, 0.3) is 0 Å². The third kappa shape index (κ3) is 4.52. The number of esters is 2. The first-order chi connectivity index (χ1) is 8.38. The van der Waals surface area contributed by atoms with Crippen molar-refractivity contribution in [1.82, 2.24) is 0 Å². The first-order valence-corrected chi connectivity index (χ1v) is 5.67. The van der Waals surface area contributed by atoms with E-state index in [1.54, 1.807) is 0 Å². The Bertz CT molecular complexity index is 497. The van der Waals surface area contributed by atoms with Crippen LogP contribution in [0.2, 0.25) is 0 Å². The van der Waals surface area contributed by atoms with Crippen LogP contribution in [0.5, 0.6) is 17.2 Å². The highest BCUT2D eigenvalue weighted by Gasteiger charge is 2.12. The van der Waals surface area contributed by atoms with Crippen molar-refractivity contribution in [2.45, 2.75) is 13.8 Å². The number of benzene rings is 1. The Hall–Kier alpha value is -1.93. The molecule has 0 radical (unpaired) electrons. The van der Waals surface area contributed by atoms with E-state index in [9.17, 15) is 18.4 Å². The molecule has 8 heteroatoms. The fourth-order valence-electron chi connectivity index (χ4n) is 1.09. The summed E-state index contributed by atoms with van der Waals surface area (Å²) in [7, 11) is 0. The molecule has 7 nitrogen and oxygen atoms in total. The first kappa shape index (κ1) is 14.1. The van der Waals surface area contributed by atoms with E-state index in [0.717, 1.165) is 13.0 Å². The van der Waals surface area contributed by atoms with Gasteiger partial charge in [-0.3, -0.25) is 9.59 Å². The van der Waals surface area contributed by atoms with Crippen molar-refractivity contribution >= 4 is 23.3 Å². The van der Waals surface area contributed by atoms with Crippen molar-refractivity contribution in [1.29, 1.82) is 0 Å². The number of carbonyl (C=O) groups is 2. The molecule has 0 aromatic heterocycles. The predicted molar refractivity (Wildman–Crippen MR) is 58.6 cm³/mol. The highest BCUT2D eigenvalue weighted by atomic mass is 32.2. The average molecular weight is 273 g/mol. The van der Waals surface area contributed by atoms with Gasteiger partial charge in [-0.25, -0.2) is 4.21 Å². The molecule has 0 spiro atoms. The van der Waals surface area contributed by atoms with Crippen LogP contribution < -0.4 is 13.7 Å². The summed E-state index contributed by atoms with van der Waals surface area (Å²) in [6.07, 6.45) is 0. The van der Waals surface area contributed by atoms with Crippen LogP contribution >= 0.6 is 0 Å². The van der Waals surface area contributed by atoms with Crippen molar-refractivity contribution in [2.24, 2.45) is 0 Å². The van der Waals surface area contributed by atoms with Crippen LogP contribution in [0.4, 0.5) is 0 Å². The summed E-state index contributed by atoms with van der Waals surface area (Å²) in [5.41, 5.74) is 0. The molecule has 0 bridgehead atoms. The van der Waals surface area contributed by atoms with Crippen molar-refractivity contribution < 1.29 is 32.0 Å². The summed E-state index contributed by atoms with van der Waals surface area (Å²) >= 11 is -2.75. The Morgan fingerprint density at radius 1 is 1.11 bits per heavy atom. The van der Waals surface area contributed by atoms with Crippen molar-refractivity contribution in [3.05, 3.63) is 18.2 Å². The molecular weight excluding hydrogens is 264 g/mol. The molecule has 0 saturated heterocycles. The molecule has 0 heterocycles. The monoisotopic (exact) mass is 273 g/mol. The Balaban J connectivity index is 3.06. The molecular formula is C10H9O7S-. The third-order valence-electron chi connectivity index (χ3n) is 1.59. The van der Waals surface area contributed by atoms with Crippen molar-refractivity contribution in [3.63, 3.8) is 0 Å². The Labute approximate surface area is 105 Å². The van der Waals surface area contributed by atoms with E-state index in [0.29, 0.717) is 0 Å². The van der Waals surface area contributed by atoms with Crippen molar-refractivity contribution in [2.75, 3.05) is 0 Å². The van der Waals surface area contributed by atoms with Crippen LogP contribution in [0.25, 0.3) is 0 Å². The quantitative estimate of drug-likeness (QED) is 0.452. The summed E-state index contributed by atoms with van der Waals surface area (Å²) in [5.74, 6) is -1.45. The zero-order chi connectivity index (χ0) is 13.7. The van der Waals surface area contributed by atoms with Gasteiger partial charge in [-0.05, 0) is 12.1 Å². The number of hydrogen-bond donors (Lipinski definition) is 0. The van der Waals surface area contributed by atoms with Gasteiger partial charge < -0.3 is 18.2 Å². The molecule has 0 saturated carbocycles. The van der Waals surface area contributed by atoms with Gasteiger partial charge in [0, 0.05) is 19.9 Å². The van der Waals surface area contributed by atoms with E-state index >= 15 is 0 Å². The van der Waals surface area contributed by atoms with E-state index in [1.165, 1.54) is 19.1 Å². The van der Waals surface area contributed by atoms with Gasteiger partial charge in [0.05, 0.1) is 0 Å². The zero-order valence-electron chi connectivity index (χ0n) is 9.50. The van der Waals surface area contributed by atoms with E-state index in [4.69, 9.17) is 9.47 Å². The maximum atomic E-state index is 10.9. The number of ether oxygens (including phenoxy) is 2. The first-order valence-electron chi connectivity index (χ1n) is 4.67. The Morgan fingerprint density at radius 3 is 2.17 bits per heavy atom. The van der Waals surface area contributed by atoms with Crippen LogP contribution in [0.15, 0.2) is 18.2 Å². The maximum absolute atomic E-state index is 10.9. The molecule has 18 heavy (non-hydrogen) atoms. The lowest BCUT2D eigenvalue weighted by atomic mass is 10.3. The molecule has 0 amide bonds. The number of carbonyl (C=O) groups excluding carboxylic acids is 2. The SMILES string of the molecule is CC(=O)Oc1ccc(OS(=O)[O-])cc1OC(C)=O. The topological polar surface area (TPSA) is 102 Å². The Morgan fingerprint density at radius 2 is 1.67 bits per heavy atom. The minimum absolute atomic E-state index is 0.0123. The average Bonchev–Trinajstić information content (AvgIpc) is 2.19. The summed E-state index contributed by atoms with van der Waals surface area (Å²) in [4.78, 5) is 21.7. The molecule has 1 unspecified atom stereocenters. The lowest BCUT2D eigenvalue weighted by Crippen LogP contribution is -2.07. The van der Waals surface area contributed by atoms with Gasteiger partial charge in [-0.2, -0.15) is 0 Å². The minimum atomic E-state index is -2.75. The smallest absolute Gasteiger partial charge is 0.308 e. The van der Waals surface area contributed by atoms with Crippen LogP contribution in [0.3, 0.4) is 0 Å². The largest absolute Gasteiger partial charge is 0.740 e. The van der Waals surface area contributed by atoms with Gasteiger partial charge >= 0.3 is 11.9 Å². The highest BCUT2D eigenvalue weighted by molar-refractivity contribution is 7.74. The molecule has 98 valence electrons. The van der Waals surface area contributed by atoms with E-state index in [-0.39, 0.29) is 17.2 Å². The van der Waals surface area contributed by atoms with Crippen LogP contribution in [0, 0.1) is 0 Å². The predicted octanol–water partition coefficient (Wildman–Crippen LogP) is 0.710. The fourth-order valence-corrected chi connectivity index (χ4v) is 1.35. The molecule has 1 aromatic rings. The zero-order valence-corrected chi connectivity index (χ0v) is 10.3. The van der Waals surface area contributed by atoms with E-state index in [1.807, 2.05) is 0 Å². The second-order valence-corrected chi connectivity index (χ2v) is 3.66. The highest BCUT2D eigenvalue weighted by Crippen LogP contribution is 2.32. The minimum Gasteiger partial charge on any atom is -0.740 e. The molecule has 1 atom stereocenters. The van der Waals surface area contributed by atoms with Gasteiger partial charge in [0.1, 0.15) is 17.1 Å². The third-order valence-corrected chi connectivity index (χ3v) is 1.92. The Kier molecular flexibility index (Phi) is 4.81. The summed E-state index contributed by atoms with van der Waals surface area (Å²) in [6, 6.07) is 3.62. The molecule has 0 fully saturated rings. The van der Waals surface area contributed by atoms with Crippen molar-refractivity contribution in [3.8, 4) is 17.2 Å². The molecule has 0 aliphatic rings. The summed E-state index contributed by atoms with van der Waals surface area (Å²) in [6.45, 7) is 2.32. The standard InChI is InChI=1S/C10H10O7S/c1-6(11)15-9-4-3-8(17-18(13)14)5-10(9)16-7(2)12/h3-5H,1-2H3,(H,13,14)/p-1. The second-order valence-electron chi connectivity index (χ2n) is 3.08. The van der Waals surface area contributed by atoms with E-state index in [2.05, 4.69) is 4.18 Å². The lowest BCUT2D eigenvalue weighted by molar-refractivity contribution is -0.134.